The molecule has 0 N–H and O–H groups in total. The number of hydrogen-bond acceptors (Lipinski definition) is 2. The van der Waals surface area contributed by atoms with Crippen LogP contribution < -0.4 is 0 Å². The fraction of sp³-hybridized carbons (Fsp3) is 0.500. The number of rotatable bonds is 3. The molecule has 1 saturated carbocycles. The summed E-state index contributed by atoms with van der Waals surface area (Å²) >= 11 is 1.82. The van der Waals surface area contributed by atoms with Crippen molar-refractivity contribution >= 4 is 27.0 Å². The highest BCUT2D eigenvalue weighted by molar-refractivity contribution is 9.10. The van der Waals surface area contributed by atoms with Crippen molar-refractivity contribution < 1.29 is 12.8 Å². The van der Waals surface area contributed by atoms with Crippen molar-refractivity contribution in [1.82, 2.24) is 0 Å². The minimum atomic E-state index is -1.49. The van der Waals surface area contributed by atoms with Gasteiger partial charge in [0.1, 0.15) is 6.17 Å². The normalized spacial score (nSPS) is 26.7. The molecule has 3 unspecified atom stereocenters. The summed E-state index contributed by atoms with van der Waals surface area (Å²) in [5, 5.41) is 0. The summed E-state index contributed by atoms with van der Waals surface area (Å²) in [6, 6.07) is 7.12. The Morgan fingerprint density at radius 3 is 2.65 bits per heavy atom. The van der Waals surface area contributed by atoms with E-state index < -0.39 is 17.3 Å². The molecular weight excluding hydrogens is 307 g/mol. The van der Waals surface area contributed by atoms with Gasteiger partial charge in [-0.3, -0.25) is 4.18 Å². The zero-order valence-electron chi connectivity index (χ0n) is 9.27. The van der Waals surface area contributed by atoms with Gasteiger partial charge in [0.05, 0.1) is 11.0 Å². The average Bonchev–Trinajstić information content (AvgIpc) is 2.29. The minimum absolute atomic E-state index is 0.219. The molecule has 94 valence electrons. The Labute approximate surface area is 111 Å². The smallest absolute Gasteiger partial charge is 0.189 e. The van der Waals surface area contributed by atoms with Crippen LogP contribution in [-0.4, -0.2) is 16.5 Å². The first-order valence-electron chi connectivity index (χ1n) is 5.63. The van der Waals surface area contributed by atoms with Crippen LogP contribution in [0.4, 0.5) is 4.39 Å². The van der Waals surface area contributed by atoms with Gasteiger partial charge in [-0.2, -0.15) is 0 Å². The van der Waals surface area contributed by atoms with Gasteiger partial charge in [0, 0.05) is 10.9 Å². The van der Waals surface area contributed by atoms with Crippen molar-refractivity contribution in [3.63, 3.8) is 0 Å². The Morgan fingerprint density at radius 2 is 2.00 bits per heavy atom. The number of alkyl halides is 1. The lowest BCUT2D eigenvalue weighted by atomic mass is 9.96. The molecule has 17 heavy (non-hydrogen) atoms. The van der Waals surface area contributed by atoms with Gasteiger partial charge in [-0.25, -0.2) is 8.60 Å². The third-order valence-corrected chi connectivity index (χ3v) is 4.42. The maximum Gasteiger partial charge on any atom is 0.189 e. The predicted octanol–water partition coefficient (Wildman–Crippen LogP) is 3.77. The molecule has 1 aromatic carbocycles. The second-order valence-electron chi connectivity index (χ2n) is 4.17. The third kappa shape index (κ3) is 3.86. The first-order chi connectivity index (χ1) is 8.15. The summed E-state index contributed by atoms with van der Waals surface area (Å²) in [6.07, 6.45) is 1.54. The largest absolute Gasteiger partial charge is 0.283 e. The molecule has 5 heteroatoms. The van der Waals surface area contributed by atoms with Gasteiger partial charge < -0.3 is 0 Å². The molecule has 1 aromatic rings. The quantitative estimate of drug-likeness (QED) is 0.847. The van der Waals surface area contributed by atoms with Crippen molar-refractivity contribution in [3.05, 3.63) is 28.7 Å². The minimum Gasteiger partial charge on any atom is -0.283 e. The van der Waals surface area contributed by atoms with Gasteiger partial charge in [0.25, 0.3) is 0 Å². The monoisotopic (exact) mass is 320 g/mol. The molecule has 1 aliphatic carbocycles. The van der Waals surface area contributed by atoms with Crippen molar-refractivity contribution in [3.8, 4) is 0 Å². The van der Waals surface area contributed by atoms with E-state index in [4.69, 9.17) is 4.18 Å². The van der Waals surface area contributed by atoms with Crippen LogP contribution in [0.2, 0.25) is 0 Å². The molecule has 0 heterocycles. The molecule has 0 saturated heterocycles. The Hall–Kier alpha value is -0.260. The number of hydrogen-bond donors (Lipinski definition) is 0. The molecule has 0 spiro atoms. The Balaban J connectivity index is 1.94. The van der Waals surface area contributed by atoms with Crippen LogP contribution in [0.15, 0.2) is 33.6 Å². The first kappa shape index (κ1) is 13.2. The van der Waals surface area contributed by atoms with Crippen molar-refractivity contribution in [2.45, 2.75) is 42.9 Å². The van der Waals surface area contributed by atoms with E-state index in [9.17, 15) is 8.60 Å². The lowest BCUT2D eigenvalue weighted by Gasteiger charge is -2.23. The molecule has 3 atom stereocenters. The van der Waals surface area contributed by atoms with E-state index in [2.05, 4.69) is 15.9 Å². The second-order valence-corrected chi connectivity index (χ2v) is 6.22. The van der Waals surface area contributed by atoms with E-state index in [1.165, 1.54) is 0 Å². The van der Waals surface area contributed by atoms with E-state index in [1.807, 2.05) is 12.1 Å². The lowest BCUT2D eigenvalue weighted by Crippen LogP contribution is -2.24. The van der Waals surface area contributed by atoms with E-state index in [0.29, 0.717) is 17.7 Å². The van der Waals surface area contributed by atoms with Gasteiger partial charge in [-0.05, 0) is 43.5 Å². The zero-order valence-corrected chi connectivity index (χ0v) is 11.7. The van der Waals surface area contributed by atoms with Crippen LogP contribution in [0.25, 0.3) is 0 Å². The van der Waals surface area contributed by atoms with E-state index in [0.717, 1.165) is 17.3 Å². The summed E-state index contributed by atoms with van der Waals surface area (Å²) in [4.78, 5) is 0.620. The molecule has 2 nitrogen and oxygen atoms in total. The molecule has 0 amide bonds. The highest BCUT2D eigenvalue weighted by Crippen LogP contribution is 2.25. The predicted molar refractivity (Wildman–Crippen MR) is 68.8 cm³/mol. The summed E-state index contributed by atoms with van der Waals surface area (Å²) in [5.74, 6) is 0. The SMILES string of the molecule is O=S(OC1CCCC(F)C1)c1ccc(Br)cc1. The maximum atomic E-state index is 13.2. The second kappa shape index (κ2) is 6.07. The maximum absolute atomic E-state index is 13.2. The lowest BCUT2D eigenvalue weighted by molar-refractivity contribution is 0.115. The molecule has 0 aliphatic heterocycles. The highest BCUT2D eigenvalue weighted by atomic mass is 79.9. The first-order valence-corrected chi connectivity index (χ1v) is 7.50. The van der Waals surface area contributed by atoms with E-state index >= 15 is 0 Å². The average molecular weight is 321 g/mol. The number of benzene rings is 1. The topological polar surface area (TPSA) is 26.3 Å². The highest BCUT2D eigenvalue weighted by Gasteiger charge is 2.24. The molecule has 2 rings (SSSR count). The third-order valence-electron chi connectivity index (χ3n) is 2.79. The molecule has 0 radical (unpaired) electrons. The summed E-state index contributed by atoms with van der Waals surface area (Å²) in [5.41, 5.74) is 0. The zero-order chi connectivity index (χ0) is 12.3. The summed E-state index contributed by atoms with van der Waals surface area (Å²) in [6.45, 7) is 0. The Bertz CT molecular complexity index is 396. The Kier molecular flexibility index (Phi) is 4.70. The fourth-order valence-electron chi connectivity index (χ4n) is 1.90. The van der Waals surface area contributed by atoms with Gasteiger partial charge in [-0.15, -0.1) is 0 Å². The standard InChI is InChI=1S/C12H14BrFO2S/c13-9-4-6-12(7-5-9)17(15)16-11-3-1-2-10(14)8-11/h4-7,10-11H,1-3,8H2. The van der Waals surface area contributed by atoms with Crippen LogP contribution in [0.1, 0.15) is 25.7 Å². The summed E-state index contributed by atoms with van der Waals surface area (Å²) in [7, 11) is 0. The van der Waals surface area contributed by atoms with Crippen LogP contribution in [0.5, 0.6) is 0 Å². The van der Waals surface area contributed by atoms with Gasteiger partial charge in [-0.1, -0.05) is 15.9 Å². The van der Waals surface area contributed by atoms with Gasteiger partial charge >= 0.3 is 0 Å². The van der Waals surface area contributed by atoms with Crippen molar-refractivity contribution in [2.24, 2.45) is 0 Å². The molecule has 1 aliphatic rings. The van der Waals surface area contributed by atoms with Crippen LogP contribution >= 0.6 is 15.9 Å². The van der Waals surface area contributed by atoms with Crippen molar-refractivity contribution in [1.29, 1.82) is 0 Å². The Morgan fingerprint density at radius 1 is 1.29 bits per heavy atom. The van der Waals surface area contributed by atoms with Crippen LogP contribution in [-0.2, 0) is 15.3 Å². The van der Waals surface area contributed by atoms with E-state index in [-0.39, 0.29) is 6.10 Å². The molecule has 1 fully saturated rings. The van der Waals surface area contributed by atoms with Gasteiger partial charge in [0.15, 0.2) is 11.1 Å². The van der Waals surface area contributed by atoms with Crippen LogP contribution in [0, 0.1) is 0 Å². The molecule has 0 bridgehead atoms. The van der Waals surface area contributed by atoms with Crippen molar-refractivity contribution in [2.75, 3.05) is 0 Å². The summed E-state index contributed by atoms with van der Waals surface area (Å²) < 4.78 is 31.4. The fourth-order valence-corrected chi connectivity index (χ4v) is 3.06. The van der Waals surface area contributed by atoms with Crippen LogP contribution in [0.3, 0.4) is 0 Å². The molecule has 0 aromatic heterocycles. The van der Waals surface area contributed by atoms with E-state index in [1.54, 1.807) is 12.1 Å². The van der Waals surface area contributed by atoms with Gasteiger partial charge in [0.2, 0.25) is 0 Å². The number of halogens is 2. The molecular formula is C12H14BrFO2S.